The van der Waals surface area contributed by atoms with Gasteiger partial charge in [-0.1, -0.05) is 31.5 Å². The van der Waals surface area contributed by atoms with Crippen LogP contribution in [0.25, 0.3) is 0 Å². The molecule has 1 aromatic rings. The van der Waals surface area contributed by atoms with Crippen molar-refractivity contribution in [2.75, 3.05) is 11.9 Å². The van der Waals surface area contributed by atoms with Gasteiger partial charge in [0.05, 0.1) is 0 Å². The highest BCUT2D eigenvalue weighted by Gasteiger charge is 2.23. The quantitative estimate of drug-likeness (QED) is 0.761. The van der Waals surface area contributed by atoms with Crippen LogP contribution in [-0.2, 0) is 0 Å². The molecule has 2 heteroatoms. The molecular formula is C14H20N2. The van der Waals surface area contributed by atoms with Gasteiger partial charge in [0.2, 0.25) is 0 Å². The smallest absolute Gasteiger partial charge is 0.105 e. The molecule has 0 radical (unpaired) electrons. The zero-order chi connectivity index (χ0) is 11.4. The van der Waals surface area contributed by atoms with Crippen molar-refractivity contribution in [3.8, 4) is 0 Å². The van der Waals surface area contributed by atoms with E-state index in [0.717, 1.165) is 0 Å². The van der Waals surface area contributed by atoms with E-state index in [1.165, 1.54) is 24.9 Å². The van der Waals surface area contributed by atoms with Crippen LogP contribution in [0.1, 0.15) is 26.2 Å². The van der Waals surface area contributed by atoms with Gasteiger partial charge in [-0.15, -0.1) is 0 Å². The first-order chi connectivity index (χ1) is 7.83. The Morgan fingerprint density at radius 2 is 1.88 bits per heavy atom. The topological polar surface area (TPSA) is 6.48 Å². The van der Waals surface area contributed by atoms with E-state index in [2.05, 4.69) is 66.5 Å². The van der Waals surface area contributed by atoms with Crippen molar-refractivity contribution in [1.29, 1.82) is 0 Å². The Labute approximate surface area is 98.2 Å². The number of anilines is 1. The number of hydrogen-bond donors (Lipinski definition) is 0. The lowest BCUT2D eigenvalue weighted by Crippen LogP contribution is -2.36. The molecule has 1 aliphatic rings. The maximum absolute atomic E-state index is 2.36. The van der Waals surface area contributed by atoms with Gasteiger partial charge in [-0.3, -0.25) is 0 Å². The Kier molecular flexibility index (Phi) is 3.50. The van der Waals surface area contributed by atoms with Crippen LogP contribution in [-0.4, -0.2) is 18.1 Å². The molecule has 16 heavy (non-hydrogen) atoms. The predicted molar refractivity (Wildman–Crippen MR) is 69.1 cm³/mol. The fourth-order valence-corrected chi connectivity index (χ4v) is 2.16. The van der Waals surface area contributed by atoms with E-state index in [-0.39, 0.29) is 0 Å². The molecule has 0 bridgehead atoms. The molecule has 0 aromatic heterocycles. The molecule has 86 valence electrons. The van der Waals surface area contributed by atoms with Gasteiger partial charge in [0.15, 0.2) is 0 Å². The average Bonchev–Trinajstić information content (AvgIpc) is 2.69. The van der Waals surface area contributed by atoms with Gasteiger partial charge in [-0.05, 0) is 25.0 Å². The van der Waals surface area contributed by atoms with Crippen LogP contribution < -0.4 is 4.90 Å². The maximum atomic E-state index is 2.36. The molecule has 1 atom stereocenters. The summed E-state index contributed by atoms with van der Waals surface area (Å²) >= 11 is 0. The van der Waals surface area contributed by atoms with E-state index in [0.29, 0.717) is 6.17 Å². The van der Waals surface area contributed by atoms with Crippen LogP contribution in [0.5, 0.6) is 0 Å². The second-order valence-corrected chi connectivity index (χ2v) is 4.33. The summed E-state index contributed by atoms with van der Waals surface area (Å²) in [6.07, 6.45) is 8.58. The van der Waals surface area contributed by atoms with Gasteiger partial charge in [0.1, 0.15) is 6.17 Å². The van der Waals surface area contributed by atoms with Gasteiger partial charge >= 0.3 is 0 Å². The summed E-state index contributed by atoms with van der Waals surface area (Å²) in [6, 6.07) is 10.6. The lowest BCUT2D eigenvalue weighted by molar-refractivity contribution is 0.332. The number of rotatable bonds is 4. The molecule has 1 aliphatic heterocycles. The molecule has 1 aromatic carbocycles. The third-order valence-corrected chi connectivity index (χ3v) is 3.12. The molecule has 0 saturated heterocycles. The summed E-state index contributed by atoms with van der Waals surface area (Å²) in [5.74, 6) is 0. The zero-order valence-electron chi connectivity index (χ0n) is 10.1. The minimum absolute atomic E-state index is 0.488. The molecule has 1 heterocycles. The number of benzene rings is 1. The summed E-state index contributed by atoms with van der Waals surface area (Å²) in [7, 11) is 2.15. The Morgan fingerprint density at radius 3 is 2.56 bits per heavy atom. The third kappa shape index (κ3) is 2.21. The Morgan fingerprint density at radius 1 is 1.12 bits per heavy atom. The van der Waals surface area contributed by atoms with Crippen molar-refractivity contribution < 1.29 is 0 Å². The number of hydrogen-bond acceptors (Lipinski definition) is 2. The van der Waals surface area contributed by atoms with Crippen molar-refractivity contribution in [1.82, 2.24) is 4.90 Å². The Bertz CT molecular complexity index is 345. The first kappa shape index (κ1) is 11.1. The summed E-state index contributed by atoms with van der Waals surface area (Å²) < 4.78 is 0. The average molecular weight is 216 g/mol. The van der Waals surface area contributed by atoms with Crippen molar-refractivity contribution in [2.24, 2.45) is 0 Å². The molecule has 0 saturated carbocycles. The summed E-state index contributed by atoms with van der Waals surface area (Å²) in [4.78, 5) is 4.65. The van der Waals surface area contributed by atoms with Crippen LogP contribution in [0.15, 0.2) is 42.7 Å². The summed E-state index contributed by atoms with van der Waals surface area (Å²) in [5, 5.41) is 0. The molecule has 0 amide bonds. The maximum Gasteiger partial charge on any atom is 0.105 e. The largest absolute Gasteiger partial charge is 0.359 e. The van der Waals surface area contributed by atoms with E-state index in [1.807, 2.05) is 0 Å². The van der Waals surface area contributed by atoms with Gasteiger partial charge < -0.3 is 9.80 Å². The van der Waals surface area contributed by atoms with Crippen molar-refractivity contribution in [3.63, 3.8) is 0 Å². The molecule has 0 spiro atoms. The molecule has 2 rings (SSSR count). The molecule has 1 unspecified atom stereocenters. The first-order valence-corrected chi connectivity index (χ1v) is 6.06. The minimum Gasteiger partial charge on any atom is -0.359 e. The van der Waals surface area contributed by atoms with Gasteiger partial charge in [0.25, 0.3) is 0 Å². The monoisotopic (exact) mass is 216 g/mol. The Hall–Kier alpha value is -1.44. The summed E-state index contributed by atoms with van der Waals surface area (Å²) in [6.45, 7) is 2.25. The highest BCUT2D eigenvalue weighted by Crippen LogP contribution is 2.26. The number of para-hydroxylation sites is 1. The van der Waals surface area contributed by atoms with Gasteiger partial charge in [0, 0.05) is 25.1 Å². The highest BCUT2D eigenvalue weighted by molar-refractivity contribution is 5.51. The van der Waals surface area contributed by atoms with Crippen LogP contribution in [0, 0.1) is 0 Å². The number of unbranched alkanes of at least 4 members (excludes halogenated alkanes) is 1. The predicted octanol–water partition coefficient (Wildman–Crippen LogP) is 3.43. The molecule has 0 aliphatic carbocycles. The SMILES string of the molecule is CCCCC1N(C)C=CN1c1ccccc1. The highest BCUT2D eigenvalue weighted by atomic mass is 15.4. The van der Waals surface area contributed by atoms with Crippen LogP contribution in [0.4, 0.5) is 5.69 Å². The first-order valence-electron chi connectivity index (χ1n) is 6.06. The second kappa shape index (κ2) is 5.06. The minimum atomic E-state index is 0.488. The normalized spacial score (nSPS) is 19.5. The van der Waals surface area contributed by atoms with Crippen molar-refractivity contribution in [2.45, 2.75) is 32.4 Å². The molecule has 0 N–H and O–H groups in total. The fraction of sp³-hybridized carbons (Fsp3) is 0.429. The van der Waals surface area contributed by atoms with Crippen LogP contribution >= 0.6 is 0 Å². The summed E-state index contributed by atoms with van der Waals surface area (Å²) in [5.41, 5.74) is 1.28. The van der Waals surface area contributed by atoms with E-state index in [9.17, 15) is 0 Å². The molecule has 0 fully saturated rings. The Balaban J connectivity index is 2.11. The van der Waals surface area contributed by atoms with E-state index < -0.39 is 0 Å². The van der Waals surface area contributed by atoms with Crippen LogP contribution in [0.3, 0.4) is 0 Å². The van der Waals surface area contributed by atoms with E-state index in [1.54, 1.807) is 0 Å². The van der Waals surface area contributed by atoms with Gasteiger partial charge in [-0.2, -0.15) is 0 Å². The molecule has 2 nitrogen and oxygen atoms in total. The number of nitrogens with zero attached hydrogens (tertiary/aromatic N) is 2. The lowest BCUT2D eigenvalue weighted by Gasteiger charge is -2.30. The molecular weight excluding hydrogens is 196 g/mol. The fourth-order valence-electron chi connectivity index (χ4n) is 2.16. The second-order valence-electron chi connectivity index (χ2n) is 4.33. The van der Waals surface area contributed by atoms with E-state index >= 15 is 0 Å². The standard InChI is InChI=1S/C14H20N2/c1-3-4-10-14-15(2)11-12-16(14)13-8-6-5-7-9-13/h5-9,11-12,14H,3-4,10H2,1-2H3. The van der Waals surface area contributed by atoms with Crippen molar-refractivity contribution in [3.05, 3.63) is 42.7 Å². The van der Waals surface area contributed by atoms with Crippen molar-refractivity contribution >= 4 is 5.69 Å². The van der Waals surface area contributed by atoms with Gasteiger partial charge in [-0.25, -0.2) is 0 Å². The lowest BCUT2D eigenvalue weighted by atomic mass is 10.2. The van der Waals surface area contributed by atoms with E-state index in [4.69, 9.17) is 0 Å². The zero-order valence-corrected chi connectivity index (χ0v) is 10.1. The third-order valence-electron chi connectivity index (χ3n) is 3.12. The van der Waals surface area contributed by atoms with Crippen LogP contribution in [0.2, 0.25) is 0 Å².